The monoisotopic (exact) mass is 444 g/mol. The number of nitrogens with one attached hydrogen (secondary N) is 1. The summed E-state index contributed by atoms with van der Waals surface area (Å²) in [5.74, 6) is 0.120. The van der Waals surface area contributed by atoms with Crippen LogP contribution < -0.4 is 5.32 Å². The summed E-state index contributed by atoms with van der Waals surface area (Å²) in [6.07, 6.45) is 2.75. The summed E-state index contributed by atoms with van der Waals surface area (Å²) in [6.45, 7) is 6.92. The molecule has 0 fully saturated rings. The van der Waals surface area contributed by atoms with Crippen LogP contribution in [0.15, 0.2) is 53.4 Å². The highest BCUT2D eigenvalue weighted by molar-refractivity contribution is 7.99. The molecule has 168 valence electrons. The zero-order valence-corrected chi connectivity index (χ0v) is 19.5. The molecule has 4 nitrogen and oxygen atoms in total. The van der Waals surface area contributed by atoms with Crippen molar-refractivity contribution in [2.24, 2.45) is 0 Å². The fourth-order valence-corrected chi connectivity index (χ4v) is 4.09. The number of carbonyl (C=O) groups excluding carboxylic acids is 2. The van der Waals surface area contributed by atoms with Crippen LogP contribution in [0.2, 0.25) is 0 Å². The molecule has 0 bridgehead atoms. The summed E-state index contributed by atoms with van der Waals surface area (Å²) in [6, 6.07) is 13.8. The van der Waals surface area contributed by atoms with E-state index in [-0.39, 0.29) is 24.2 Å². The predicted octanol–water partition coefficient (Wildman–Crippen LogP) is 5.34. The lowest BCUT2D eigenvalue weighted by molar-refractivity contribution is -0.141. The molecule has 0 unspecified atom stereocenters. The van der Waals surface area contributed by atoms with Crippen molar-refractivity contribution in [2.75, 3.05) is 12.3 Å². The molecule has 0 spiro atoms. The van der Waals surface area contributed by atoms with Gasteiger partial charge in [0.15, 0.2) is 0 Å². The molecule has 0 saturated carbocycles. The normalized spacial score (nSPS) is 11.7. The Morgan fingerprint density at radius 3 is 2.35 bits per heavy atom. The molecule has 2 aromatic carbocycles. The van der Waals surface area contributed by atoms with Gasteiger partial charge in [0.05, 0.1) is 0 Å². The number of hydrogen-bond acceptors (Lipinski definition) is 3. The molecular weight excluding hydrogens is 411 g/mol. The van der Waals surface area contributed by atoms with Gasteiger partial charge in [-0.25, -0.2) is 4.39 Å². The van der Waals surface area contributed by atoms with Gasteiger partial charge in [0.2, 0.25) is 11.8 Å². The van der Waals surface area contributed by atoms with Gasteiger partial charge in [-0.2, -0.15) is 0 Å². The summed E-state index contributed by atoms with van der Waals surface area (Å²) in [7, 11) is 0. The van der Waals surface area contributed by atoms with Gasteiger partial charge >= 0.3 is 0 Å². The average Bonchev–Trinajstić information content (AvgIpc) is 2.76. The SMILES string of the molecule is CCCCNC(=O)[C@H](CC)N(Cc1ccc(F)cc1)C(=O)CCSc1ccc(C)cc1. The van der Waals surface area contributed by atoms with E-state index >= 15 is 0 Å². The first-order valence-corrected chi connectivity index (χ1v) is 11.9. The second-order valence-electron chi connectivity index (χ2n) is 7.63. The Morgan fingerprint density at radius 1 is 1.06 bits per heavy atom. The van der Waals surface area contributed by atoms with Gasteiger partial charge in [-0.1, -0.05) is 50.1 Å². The fourth-order valence-electron chi connectivity index (χ4n) is 3.25. The van der Waals surface area contributed by atoms with E-state index in [1.807, 2.05) is 13.8 Å². The standard InChI is InChI=1S/C25H33FN2O2S/c1-4-6-16-27-25(30)23(5-2)28(18-20-9-11-21(26)12-10-20)24(29)15-17-31-22-13-7-19(3)8-14-22/h7-14,23H,4-6,15-18H2,1-3H3,(H,27,30)/t23-/m0/s1. The number of aryl methyl sites for hydroxylation is 1. The van der Waals surface area contributed by atoms with Crippen molar-refractivity contribution in [3.05, 3.63) is 65.5 Å². The van der Waals surface area contributed by atoms with E-state index in [1.54, 1.807) is 28.8 Å². The van der Waals surface area contributed by atoms with Gasteiger partial charge in [0.25, 0.3) is 0 Å². The maximum absolute atomic E-state index is 13.3. The van der Waals surface area contributed by atoms with E-state index in [0.717, 1.165) is 23.3 Å². The van der Waals surface area contributed by atoms with Crippen molar-refractivity contribution in [3.63, 3.8) is 0 Å². The van der Waals surface area contributed by atoms with E-state index in [4.69, 9.17) is 0 Å². The molecule has 0 saturated heterocycles. The van der Waals surface area contributed by atoms with E-state index in [0.29, 0.717) is 25.1 Å². The number of unbranched alkanes of at least 4 members (excludes halogenated alkanes) is 1. The Morgan fingerprint density at radius 2 is 1.74 bits per heavy atom. The lowest BCUT2D eigenvalue weighted by Crippen LogP contribution is -2.49. The Hall–Kier alpha value is -2.34. The minimum absolute atomic E-state index is 0.0681. The number of amides is 2. The summed E-state index contributed by atoms with van der Waals surface area (Å²) < 4.78 is 13.3. The van der Waals surface area contributed by atoms with E-state index in [1.165, 1.54) is 17.7 Å². The highest BCUT2D eigenvalue weighted by Gasteiger charge is 2.28. The van der Waals surface area contributed by atoms with Crippen molar-refractivity contribution < 1.29 is 14.0 Å². The van der Waals surface area contributed by atoms with Crippen molar-refractivity contribution in [2.45, 2.75) is 63.9 Å². The van der Waals surface area contributed by atoms with Crippen molar-refractivity contribution >= 4 is 23.6 Å². The molecule has 0 heterocycles. The molecule has 1 atom stereocenters. The Bertz CT molecular complexity index is 824. The van der Waals surface area contributed by atoms with Crippen molar-refractivity contribution in [1.29, 1.82) is 0 Å². The first-order chi connectivity index (χ1) is 14.9. The molecule has 0 radical (unpaired) electrons. The van der Waals surface area contributed by atoms with Crippen LogP contribution in [0.1, 0.15) is 50.7 Å². The van der Waals surface area contributed by atoms with Crippen LogP contribution in [0.5, 0.6) is 0 Å². The zero-order chi connectivity index (χ0) is 22.6. The Kier molecular flexibility index (Phi) is 10.6. The molecule has 2 amide bonds. The third-order valence-electron chi connectivity index (χ3n) is 5.09. The minimum Gasteiger partial charge on any atom is -0.354 e. The molecule has 2 aromatic rings. The number of rotatable bonds is 12. The minimum atomic E-state index is -0.543. The summed E-state index contributed by atoms with van der Waals surface area (Å²) in [5.41, 5.74) is 2.01. The van der Waals surface area contributed by atoms with Gasteiger partial charge in [0, 0.05) is 30.2 Å². The quantitative estimate of drug-likeness (QED) is 0.355. The van der Waals surface area contributed by atoms with E-state index < -0.39 is 6.04 Å². The summed E-state index contributed by atoms with van der Waals surface area (Å²) in [5, 5.41) is 2.95. The van der Waals surface area contributed by atoms with Crippen LogP contribution in [0.3, 0.4) is 0 Å². The van der Waals surface area contributed by atoms with Gasteiger partial charge < -0.3 is 10.2 Å². The van der Waals surface area contributed by atoms with Gasteiger partial charge in [-0.3, -0.25) is 9.59 Å². The van der Waals surface area contributed by atoms with Crippen LogP contribution in [0.4, 0.5) is 4.39 Å². The first kappa shape index (κ1) is 24.9. The van der Waals surface area contributed by atoms with Crippen LogP contribution in [-0.2, 0) is 16.1 Å². The second kappa shape index (κ2) is 13.2. The highest BCUT2D eigenvalue weighted by atomic mass is 32.2. The summed E-state index contributed by atoms with van der Waals surface area (Å²) >= 11 is 1.63. The van der Waals surface area contributed by atoms with Gasteiger partial charge in [-0.15, -0.1) is 11.8 Å². The molecule has 6 heteroatoms. The van der Waals surface area contributed by atoms with Crippen LogP contribution >= 0.6 is 11.8 Å². The smallest absolute Gasteiger partial charge is 0.242 e. The maximum atomic E-state index is 13.3. The van der Waals surface area contributed by atoms with Crippen LogP contribution in [-0.4, -0.2) is 35.1 Å². The van der Waals surface area contributed by atoms with E-state index in [9.17, 15) is 14.0 Å². The van der Waals surface area contributed by atoms with Crippen LogP contribution in [0.25, 0.3) is 0 Å². The average molecular weight is 445 g/mol. The molecule has 0 aliphatic heterocycles. The second-order valence-corrected chi connectivity index (χ2v) is 8.80. The molecule has 0 aliphatic carbocycles. The summed E-state index contributed by atoms with van der Waals surface area (Å²) in [4.78, 5) is 28.7. The topological polar surface area (TPSA) is 49.4 Å². The number of carbonyl (C=O) groups is 2. The molecular formula is C25H33FN2O2S. The third-order valence-corrected chi connectivity index (χ3v) is 6.10. The predicted molar refractivity (Wildman–Crippen MR) is 125 cm³/mol. The maximum Gasteiger partial charge on any atom is 0.242 e. The number of benzene rings is 2. The highest BCUT2D eigenvalue weighted by Crippen LogP contribution is 2.21. The molecule has 0 aromatic heterocycles. The largest absolute Gasteiger partial charge is 0.354 e. The Labute approximate surface area is 189 Å². The van der Waals surface area contributed by atoms with Crippen molar-refractivity contribution in [1.82, 2.24) is 10.2 Å². The van der Waals surface area contributed by atoms with Crippen molar-refractivity contribution in [3.8, 4) is 0 Å². The Balaban J connectivity index is 2.08. The van der Waals surface area contributed by atoms with Gasteiger partial charge in [-0.05, 0) is 49.6 Å². The van der Waals surface area contributed by atoms with Gasteiger partial charge in [0.1, 0.15) is 11.9 Å². The fraction of sp³-hybridized carbons (Fsp3) is 0.440. The third kappa shape index (κ3) is 8.37. The number of thioether (sulfide) groups is 1. The zero-order valence-electron chi connectivity index (χ0n) is 18.7. The first-order valence-electron chi connectivity index (χ1n) is 11.0. The number of nitrogens with zero attached hydrogens (tertiary/aromatic N) is 1. The molecule has 0 aliphatic rings. The number of halogens is 1. The molecule has 31 heavy (non-hydrogen) atoms. The molecule has 2 rings (SSSR count). The van der Waals surface area contributed by atoms with Crippen LogP contribution in [0, 0.1) is 12.7 Å². The lowest BCUT2D eigenvalue weighted by Gasteiger charge is -2.30. The number of hydrogen-bond donors (Lipinski definition) is 1. The molecule has 1 N–H and O–H groups in total. The lowest BCUT2D eigenvalue weighted by atomic mass is 10.1. The van der Waals surface area contributed by atoms with E-state index in [2.05, 4.69) is 36.5 Å².